The molecule has 0 unspecified atom stereocenters. The highest BCUT2D eigenvalue weighted by molar-refractivity contribution is 7.22. The van der Waals surface area contributed by atoms with Gasteiger partial charge in [0, 0.05) is 25.4 Å². The van der Waals surface area contributed by atoms with Crippen molar-refractivity contribution in [2.45, 2.75) is 13.3 Å². The van der Waals surface area contributed by atoms with Gasteiger partial charge < -0.3 is 4.90 Å². The van der Waals surface area contributed by atoms with Gasteiger partial charge in [0.1, 0.15) is 11.3 Å². The summed E-state index contributed by atoms with van der Waals surface area (Å²) >= 11 is 1.32. The zero-order chi connectivity index (χ0) is 18.8. The van der Waals surface area contributed by atoms with Crippen molar-refractivity contribution in [2.24, 2.45) is 7.05 Å². The van der Waals surface area contributed by atoms with Crippen LogP contribution in [-0.4, -0.2) is 52.8 Å². The molecular formula is C18H23ClFN5OS. The van der Waals surface area contributed by atoms with Crippen LogP contribution in [0.4, 0.5) is 9.52 Å². The number of hydrogen-bond acceptors (Lipinski definition) is 5. The van der Waals surface area contributed by atoms with E-state index in [0.29, 0.717) is 22.9 Å². The number of rotatable bonds is 6. The molecule has 0 atom stereocenters. The van der Waals surface area contributed by atoms with Gasteiger partial charge in [-0.15, -0.1) is 12.4 Å². The van der Waals surface area contributed by atoms with E-state index in [2.05, 4.69) is 15.0 Å². The van der Waals surface area contributed by atoms with Gasteiger partial charge in [0.25, 0.3) is 5.91 Å². The molecule has 146 valence electrons. The van der Waals surface area contributed by atoms with Crippen molar-refractivity contribution < 1.29 is 9.18 Å². The minimum Gasteiger partial charge on any atom is -0.309 e. The number of carbonyl (C=O) groups is 1. The summed E-state index contributed by atoms with van der Waals surface area (Å²) < 4.78 is 16.4. The SMILES string of the molecule is Cc1cn(C)nc1C(=O)N(CCCN(C)C)c1nc2c(F)cccc2s1.Cl. The predicted molar refractivity (Wildman–Crippen MR) is 110 cm³/mol. The van der Waals surface area contributed by atoms with Crippen molar-refractivity contribution in [1.29, 1.82) is 0 Å². The lowest BCUT2D eigenvalue weighted by Crippen LogP contribution is -2.34. The lowest BCUT2D eigenvalue weighted by molar-refractivity contribution is 0.0980. The van der Waals surface area contributed by atoms with Crippen LogP contribution in [0.1, 0.15) is 22.5 Å². The monoisotopic (exact) mass is 411 g/mol. The highest BCUT2D eigenvalue weighted by atomic mass is 35.5. The second-order valence-corrected chi connectivity index (χ2v) is 7.54. The molecule has 0 aliphatic rings. The Balaban J connectivity index is 0.00000261. The van der Waals surface area contributed by atoms with Crippen LogP contribution in [0.15, 0.2) is 24.4 Å². The fourth-order valence-electron chi connectivity index (χ4n) is 2.79. The van der Waals surface area contributed by atoms with Gasteiger partial charge in [-0.05, 0) is 46.1 Å². The van der Waals surface area contributed by atoms with Crippen molar-refractivity contribution in [3.05, 3.63) is 41.5 Å². The maximum absolute atomic E-state index is 14.0. The minimum absolute atomic E-state index is 0. The number of aromatic nitrogens is 3. The number of hydrogen-bond donors (Lipinski definition) is 0. The molecule has 0 fully saturated rings. The lowest BCUT2D eigenvalue weighted by Gasteiger charge is -2.20. The highest BCUT2D eigenvalue weighted by Crippen LogP contribution is 2.31. The molecule has 1 amide bonds. The second kappa shape index (κ2) is 8.77. The first-order valence-corrected chi connectivity index (χ1v) is 9.20. The summed E-state index contributed by atoms with van der Waals surface area (Å²) in [6.07, 6.45) is 2.59. The average Bonchev–Trinajstić information content (AvgIpc) is 3.14. The summed E-state index contributed by atoms with van der Waals surface area (Å²) in [6.45, 7) is 3.19. The van der Waals surface area contributed by atoms with Crippen LogP contribution in [0, 0.1) is 12.7 Å². The molecule has 1 aromatic carbocycles. The van der Waals surface area contributed by atoms with Gasteiger partial charge in [-0.1, -0.05) is 17.4 Å². The second-order valence-electron chi connectivity index (χ2n) is 6.53. The fraction of sp³-hybridized carbons (Fsp3) is 0.389. The van der Waals surface area contributed by atoms with Crippen LogP contribution in [0.25, 0.3) is 10.2 Å². The van der Waals surface area contributed by atoms with E-state index in [9.17, 15) is 9.18 Å². The van der Waals surface area contributed by atoms with E-state index < -0.39 is 0 Å². The molecule has 0 bridgehead atoms. The Morgan fingerprint density at radius 1 is 1.30 bits per heavy atom. The molecule has 9 heteroatoms. The minimum atomic E-state index is -0.375. The molecule has 2 aromatic heterocycles. The van der Waals surface area contributed by atoms with Gasteiger partial charge in [-0.3, -0.25) is 14.4 Å². The molecule has 0 aliphatic heterocycles. The van der Waals surface area contributed by atoms with Gasteiger partial charge in [0.05, 0.1) is 4.70 Å². The fourth-order valence-corrected chi connectivity index (χ4v) is 3.80. The van der Waals surface area contributed by atoms with Crippen LogP contribution in [-0.2, 0) is 7.05 Å². The van der Waals surface area contributed by atoms with Crippen molar-refractivity contribution in [3.8, 4) is 0 Å². The summed E-state index contributed by atoms with van der Waals surface area (Å²) in [7, 11) is 5.76. The van der Waals surface area contributed by atoms with Gasteiger partial charge in [0.15, 0.2) is 10.8 Å². The van der Waals surface area contributed by atoms with E-state index in [0.717, 1.165) is 23.2 Å². The molecule has 0 spiro atoms. The summed E-state index contributed by atoms with van der Waals surface area (Å²) in [6, 6.07) is 4.85. The predicted octanol–water partition coefficient (Wildman–Crippen LogP) is 3.50. The number of fused-ring (bicyclic) bond motifs is 1. The number of anilines is 1. The summed E-state index contributed by atoms with van der Waals surface area (Å²) in [5, 5.41) is 4.79. The molecule has 27 heavy (non-hydrogen) atoms. The van der Waals surface area contributed by atoms with E-state index in [1.54, 1.807) is 22.7 Å². The number of benzene rings is 1. The Hall–Kier alpha value is -2.03. The standard InChI is InChI=1S/C18H22FN5OS.ClH/c1-12-11-23(4)21-15(12)17(25)24(10-6-9-22(2)3)18-20-16-13(19)7-5-8-14(16)26-18;/h5,7-8,11H,6,9-10H2,1-4H3;1H. The van der Waals surface area contributed by atoms with Crippen LogP contribution >= 0.6 is 23.7 Å². The maximum atomic E-state index is 14.0. The van der Waals surface area contributed by atoms with E-state index in [-0.39, 0.29) is 24.1 Å². The first-order chi connectivity index (χ1) is 12.4. The number of aryl methyl sites for hydroxylation is 2. The number of thiazole rings is 1. The summed E-state index contributed by atoms with van der Waals surface area (Å²) in [5.41, 5.74) is 1.51. The first-order valence-electron chi connectivity index (χ1n) is 8.38. The molecule has 0 saturated carbocycles. The van der Waals surface area contributed by atoms with Crippen molar-refractivity contribution >= 4 is 45.0 Å². The van der Waals surface area contributed by atoms with Crippen LogP contribution in [0.2, 0.25) is 0 Å². The highest BCUT2D eigenvalue weighted by Gasteiger charge is 2.25. The molecular weight excluding hydrogens is 389 g/mol. The lowest BCUT2D eigenvalue weighted by atomic mass is 10.2. The smallest absolute Gasteiger partial charge is 0.280 e. The number of halogens is 2. The summed E-state index contributed by atoms with van der Waals surface area (Å²) in [4.78, 5) is 21.2. The molecule has 2 heterocycles. The van der Waals surface area contributed by atoms with Crippen molar-refractivity contribution in [2.75, 3.05) is 32.1 Å². The van der Waals surface area contributed by atoms with Gasteiger partial charge >= 0.3 is 0 Å². The Morgan fingerprint density at radius 3 is 2.63 bits per heavy atom. The van der Waals surface area contributed by atoms with Crippen molar-refractivity contribution in [1.82, 2.24) is 19.7 Å². The van der Waals surface area contributed by atoms with E-state index in [1.165, 1.54) is 17.4 Å². The first kappa shape index (κ1) is 21.3. The van der Waals surface area contributed by atoms with Crippen LogP contribution in [0.3, 0.4) is 0 Å². The van der Waals surface area contributed by atoms with Gasteiger partial charge in [-0.2, -0.15) is 5.10 Å². The normalized spacial score (nSPS) is 11.0. The van der Waals surface area contributed by atoms with Gasteiger partial charge in [-0.25, -0.2) is 9.37 Å². The molecule has 0 N–H and O–H groups in total. The Labute approximate surface area is 168 Å². The third-order valence-corrected chi connectivity index (χ3v) is 5.08. The van der Waals surface area contributed by atoms with E-state index in [1.807, 2.05) is 33.3 Å². The molecule has 3 aromatic rings. The van der Waals surface area contributed by atoms with Crippen LogP contribution in [0.5, 0.6) is 0 Å². The maximum Gasteiger partial charge on any atom is 0.280 e. The largest absolute Gasteiger partial charge is 0.309 e. The number of nitrogens with zero attached hydrogens (tertiary/aromatic N) is 5. The molecule has 3 rings (SSSR count). The third-order valence-electron chi connectivity index (χ3n) is 4.04. The molecule has 0 radical (unpaired) electrons. The molecule has 0 aliphatic carbocycles. The van der Waals surface area contributed by atoms with E-state index >= 15 is 0 Å². The Morgan fingerprint density at radius 2 is 2.04 bits per heavy atom. The number of carbonyl (C=O) groups excluding carboxylic acids is 1. The van der Waals surface area contributed by atoms with Gasteiger partial charge in [0.2, 0.25) is 0 Å². The average molecular weight is 412 g/mol. The number of para-hydroxylation sites is 1. The Bertz CT molecular complexity index is 939. The number of amides is 1. The third kappa shape index (κ3) is 4.63. The summed E-state index contributed by atoms with van der Waals surface area (Å²) in [5.74, 6) is -0.582. The Kier molecular flexibility index (Phi) is 6.91. The quantitative estimate of drug-likeness (QED) is 0.623. The van der Waals surface area contributed by atoms with Crippen LogP contribution < -0.4 is 4.90 Å². The topological polar surface area (TPSA) is 54.3 Å². The van der Waals surface area contributed by atoms with Crippen molar-refractivity contribution in [3.63, 3.8) is 0 Å². The molecule has 0 saturated heterocycles. The van der Waals surface area contributed by atoms with E-state index in [4.69, 9.17) is 0 Å². The zero-order valence-corrected chi connectivity index (χ0v) is 17.4. The zero-order valence-electron chi connectivity index (χ0n) is 15.8. The molecule has 6 nitrogen and oxygen atoms in total.